The molecule has 0 radical (unpaired) electrons. The van der Waals surface area contributed by atoms with Gasteiger partial charge in [-0.05, 0) is 46.0 Å². The molecule has 1 atom stereocenters. The van der Waals surface area contributed by atoms with E-state index in [2.05, 4.69) is 22.9 Å². The molecule has 1 unspecified atom stereocenters. The van der Waals surface area contributed by atoms with E-state index in [-0.39, 0.29) is 5.91 Å². The molecule has 0 spiro atoms. The zero-order chi connectivity index (χ0) is 13.8. The van der Waals surface area contributed by atoms with Crippen LogP contribution in [0.1, 0.15) is 31.7 Å². The largest absolute Gasteiger partial charge is 0.496 e. The van der Waals surface area contributed by atoms with Gasteiger partial charge in [0.05, 0.1) is 11.6 Å². The fraction of sp³-hybridized carbons (Fsp3) is 0.533. The number of benzene rings is 1. The number of amides is 1. The van der Waals surface area contributed by atoms with Crippen molar-refractivity contribution in [3.05, 3.63) is 28.2 Å². The Bertz CT molecular complexity index is 461. The molecule has 1 aromatic carbocycles. The highest BCUT2D eigenvalue weighted by atomic mass is 79.9. The standard InChI is InChI=1S/C15H20BrNO2/c1-3-4-11-8-15(18)17(9-11)10-12-5-6-14(19-2)13(16)7-12/h5-7,11H,3-4,8-10H2,1-2H3. The van der Waals surface area contributed by atoms with Gasteiger partial charge >= 0.3 is 0 Å². The van der Waals surface area contributed by atoms with Crippen LogP contribution >= 0.6 is 15.9 Å². The summed E-state index contributed by atoms with van der Waals surface area (Å²) in [4.78, 5) is 13.9. The van der Waals surface area contributed by atoms with Crippen LogP contribution in [-0.2, 0) is 11.3 Å². The smallest absolute Gasteiger partial charge is 0.223 e. The van der Waals surface area contributed by atoms with Crippen molar-refractivity contribution in [2.24, 2.45) is 5.92 Å². The molecule has 1 aliphatic heterocycles. The lowest BCUT2D eigenvalue weighted by molar-refractivity contribution is -0.128. The van der Waals surface area contributed by atoms with Gasteiger partial charge in [-0.3, -0.25) is 4.79 Å². The van der Waals surface area contributed by atoms with E-state index in [1.165, 1.54) is 0 Å². The molecule has 1 aliphatic rings. The molecule has 0 N–H and O–H groups in total. The Morgan fingerprint density at radius 2 is 2.26 bits per heavy atom. The molecular formula is C15H20BrNO2. The number of halogens is 1. The number of ether oxygens (including phenoxy) is 1. The van der Waals surface area contributed by atoms with E-state index in [1.807, 2.05) is 23.1 Å². The van der Waals surface area contributed by atoms with Crippen LogP contribution in [0.3, 0.4) is 0 Å². The fourth-order valence-corrected chi connectivity index (χ4v) is 3.23. The first-order valence-corrected chi connectivity index (χ1v) is 7.53. The van der Waals surface area contributed by atoms with E-state index in [0.29, 0.717) is 18.9 Å². The summed E-state index contributed by atoms with van der Waals surface area (Å²) < 4.78 is 6.15. The van der Waals surface area contributed by atoms with Gasteiger partial charge in [0.15, 0.2) is 0 Å². The van der Waals surface area contributed by atoms with Gasteiger partial charge in [-0.25, -0.2) is 0 Å². The number of likely N-dealkylation sites (tertiary alicyclic amines) is 1. The first-order chi connectivity index (χ1) is 9.13. The zero-order valence-corrected chi connectivity index (χ0v) is 13.1. The molecule has 1 aromatic rings. The van der Waals surface area contributed by atoms with Crippen LogP contribution in [0.2, 0.25) is 0 Å². The zero-order valence-electron chi connectivity index (χ0n) is 11.5. The Balaban J connectivity index is 2.01. The number of nitrogens with zero attached hydrogens (tertiary/aromatic N) is 1. The highest BCUT2D eigenvalue weighted by Gasteiger charge is 2.28. The molecule has 1 heterocycles. The Labute approximate surface area is 123 Å². The van der Waals surface area contributed by atoms with Crippen LogP contribution in [0, 0.1) is 5.92 Å². The van der Waals surface area contributed by atoms with Gasteiger partial charge in [0, 0.05) is 19.5 Å². The van der Waals surface area contributed by atoms with Crippen LogP contribution in [0.5, 0.6) is 5.75 Å². The number of carbonyl (C=O) groups is 1. The second-order valence-corrected chi connectivity index (χ2v) is 5.96. The summed E-state index contributed by atoms with van der Waals surface area (Å²) in [5, 5.41) is 0. The van der Waals surface area contributed by atoms with E-state index in [0.717, 1.165) is 35.2 Å². The Morgan fingerprint density at radius 1 is 1.47 bits per heavy atom. The Hall–Kier alpha value is -1.03. The third-order valence-electron chi connectivity index (χ3n) is 3.58. The predicted molar refractivity (Wildman–Crippen MR) is 79.1 cm³/mol. The van der Waals surface area contributed by atoms with Gasteiger partial charge in [0.2, 0.25) is 5.91 Å². The van der Waals surface area contributed by atoms with E-state index >= 15 is 0 Å². The third-order valence-corrected chi connectivity index (χ3v) is 4.20. The first kappa shape index (κ1) is 14.4. The average molecular weight is 326 g/mol. The van der Waals surface area contributed by atoms with Crippen LogP contribution in [0.25, 0.3) is 0 Å². The summed E-state index contributed by atoms with van der Waals surface area (Å²) in [5.41, 5.74) is 1.14. The summed E-state index contributed by atoms with van der Waals surface area (Å²) >= 11 is 3.48. The van der Waals surface area contributed by atoms with Crippen molar-refractivity contribution >= 4 is 21.8 Å². The normalized spacial score (nSPS) is 19.0. The SMILES string of the molecule is CCCC1CC(=O)N(Cc2ccc(OC)c(Br)c2)C1. The topological polar surface area (TPSA) is 29.5 Å². The summed E-state index contributed by atoms with van der Waals surface area (Å²) in [6.45, 7) is 3.77. The van der Waals surface area contributed by atoms with Crippen LogP contribution in [0.15, 0.2) is 22.7 Å². The molecule has 104 valence electrons. The third kappa shape index (κ3) is 3.50. The molecule has 2 rings (SSSR count). The summed E-state index contributed by atoms with van der Waals surface area (Å²) in [6, 6.07) is 5.98. The molecule has 0 saturated carbocycles. The van der Waals surface area contributed by atoms with Crippen LogP contribution < -0.4 is 4.74 Å². The molecule has 3 nitrogen and oxygen atoms in total. The molecule has 19 heavy (non-hydrogen) atoms. The van der Waals surface area contributed by atoms with E-state index in [4.69, 9.17) is 4.74 Å². The van der Waals surface area contributed by atoms with Crippen LogP contribution in [0.4, 0.5) is 0 Å². The monoisotopic (exact) mass is 325 g/mol. The van der Waals surface area contributed by atoms with Gasteiger partial charge in [-0.1, -0.05) is 19.4 Å². The predicted octanol–water partition coefficient (Wildman–Crippen LogP) is 3.61. The summed E-state index contributed by atoms with van der Waals surface area (Å²) in [6.07, 6.45) is 3.01. The maximum Gasteiger partial charge on any atom is 0.223 e. The van der Waals surface area contributed by atoms with Crippen molar-refractivity contribution < 1.29 is 9.53 Å². The molecule has 1 saturated heterocycles. The second kappa shape index (κ2) is 6.42. The van der Waals surface area contributed by atoms with Crippen LogP contribution in [-0.4, -0.2) is 24.5 Å². The number of carbonyl (C=O) groups excluding carboxylic acids is 1. The van der Waals surface area contributed by atoms with Crippen molar-refractivity contribution in [1.29, 1.82) is 0 Å². The molecule has 0 bridgehead atoms. The lowest BCUT2D eigenvalue weighted by Gasteiger charge is -2.17. The van der Waals surface area contributed by atoms with Gasteiger partial charge in [-0.2, -0.15) is 0 Å². The highest BCUT2D eigenvalue weighted by Crippen LogP contribution is 2.28. The van der Waals surface area contributed by atoms with Gasteiger partial charge in [0.1, 0.15) is 5.75 Å². The minimum absolute atomic E-state index is 0.283. The van der Waals surface area contributed by atoms with E-state index in [1.54, 1.807) is 7.11 Å². The van der Waals surface area contributed by atoms with Crippen molar-refractivity contribution in [3.63, 3.8) is 0 Å². The van der Waals surface area contributed by atoms with Crippen molar-refractivity contribution in [2.45, 2.75) is 32.7 Å². The lowest BCUT2D eigenvalue weighted by atomic mass is 10.0. The Kier molecular flexibility index (Phi) is 4.86. The number of hydrogen-bond acceptors (Lipinski definition) is 2. The molecule has 0 aromatic heterocycles. The highest BCUT2D eigenvalue weighted by molar-refractivity contribution is 9.10. The number of hydrogen-bond donors (Lipinski definition) is 0. The second-order valence-electron chi connectivity index (χ2n) is 5.10. The van der Waals surface area contributed by atoms with Gasteiger partial charge in [0.25, 0.3) is 0 Å². The quantitative estimate of drug-likeness (QED) is 0.827. The lowest BCUT2D eigenvalue weighted by Crippen LogP contribution is -2.24. The van der Waals surface area contributed by atoms with Gasteiger partial charge < -0.3 is 9.64 Å². The van der Waals surface area contributed by atoms with E-state index < -0.39 is 0 Å². The molecule has 1 fully saturated rings. The number of methoxy groups -OCH3 is 1. The maximum atomic E-state index is 12.0. The average Bonchev–Trinajstić information content (AvgIpc) is 2.70. The van der Waals surface area contributed by atoms with Crippen molar-refractivity contribution in [2.75, 3.05) is 13.7 Å². The fourth-order valence-electron chi connectivity index (χ4n) is 2.64. The minimum atomic E-state index is 0.283. The van der Waals surface area contributed by atoms with Crippen molar-refractivity contribution in [1.82, 2.24) is 4.90 Å². The van der Waals surface area contributed by atoms with Crippen molar-refractivity contribution in [3.8, 4) is 5.75 Å². The maximum absolute atomic E-state index is 12.0. The summed E-state index contributed by atoms with van der Waals surface area (Å²) in [5.74, 6) is 1.64. The molecule has 4 heteroatoms. The summed E-state index contributed by atoms with van der Waals surface area (Å²) in [7, 11) is 1.65. The molecule has 0 aliphatic carbocycles. The molecule has 1 amide bonds. The first-order valence-electron chi connectivity index (χ1n) is 6.74. The minimum Gasteiger partial charge on any atom is -0.496 e. The Morgan fingerprint density at radius 3 is 2.89 bits per heavy atom. The van der Waals surface area contributed by atoms with E-state index in [9.17, 15) is 4.79 Å². The molecular weight excluding hydrogens is 306 g/mol. The number of rotatable bonds is 5. The van der Waals surface area contributed by atoms with Gasteiger partial charge in [-0.15, -0.1) is 0 Å².